The molecule has 2 unspecified atom stereocenters. The van der Waals surface area contributed by atoms with E-state index in [1.807, 2.05) is 72.6 Å². The predicted octanol–water partition coefficient (Wildman–Crippen LogP) is 3.66. The lowest BCUT2D eigenvalue weighted by Crippen LogP contribution is -2.46. The first kappa shape index (κ1) is 19.0. The van der Waals surface area contributed by atoms with E-state index in [4.69, 9.17) is 5.73 Å². The molecule has 146 valence electrons. The third-order valence-electron chi connectivity index (χ3n) is 5.74. The number of Topliss-reactive ketones (excluding diaryl/α,β-unsaturated/α-hetero) is 1. The maximum absolute atomic E-state index is 13.5. The number of allylic oxidation sites excluding steroid dienone is 3. The Morgan fingerprint density at radius 2 is 1.59 bits per heavy atom. The Balaban J connectivity index is 1.89. The van der Waals surface area contributed by atoms with E-state index < -0.39 is 5.92 Å². The lowest BCUT2D eigenvalue weighted by molar-refractivity contribution is -0.117. The Labute approximate surface area is 171 Å². The van der Waals surface area contributed by atoms with Crippen LogP contribution in [0.5, 0.6) is 0 Å². The molecule has 2 N–H and O–H groups in total. The summed E-state index contributed by atoms with van der Waals surface area (Å²) in [5.74, 6) is 0.155. The molecule has 0 amide bonds. The van der Waals surface area contributed by atoms with E-state index in [0.29, 0.717) is 29.8 Å². The fourth-order valence-corrected chi connectivity index (χ4v) is 4.51. The fourth-order valence-electron chi connectivity index (χ4n) is 4.51. The Morgan fingerprint density at radius 3 is 2.14 bits per heavy atom. The molecule has 1 heterocycles. The number of ketones is 1. The monoisotopic (exact) mass is 384 g/mol. The van der Waals surface area contributed by atoms with Crippen molar-refractivity contribution in [3.05, 3.63) is 94.5 Å². The van der Waals surface area contributed by atoms with E-state index >= 15 is 0 Å². The van der Waals surface area contributed by atoms with Gasteiger partial charge in [-0.2, -0.15) is 5.26 Å². The molecule has 0 aromatic heterocycles. The molecule has 0 saturated heterocycles. The molecule has 0 bridgehead atoms. The average molecular weight is 384 g/mol. The van der Waals surface area contributed by atoms with Crippen LogP contribution >= 0.6 is 0 Å². The Bertz CT molecular complexity index is 1030. The van der Waals surface area contributed by atoms with Crippen LogP contribution in [0.3, 0.4) is 0 Å². The number of hydrogen-bond acceptors (Lipinski definition) is 5. The molecule has 5 heteroatoms. The minimum absolute atomic E-state index is 0.0843. The van der Waals surface area contributed by atoms with Crippen LogP contribution in [0.2, 0.25) is 0 Å². The quantitative estimate of drug-likeness (QED) is 0.874. The molecule has 1 aliphatic heterocycles. The summed E-state index contributed by atoms with van der Waals surface area (Å²) >= 11 is 0. The van der Waals surface area contributed by atoms with Crippen LogP contribution in [0.15, 0.2) is 83.3 Å². The third kappa shape index (κ3) is 3.22. The first-order chi connectivity index (χ1) is 14.0. The Hall–Kier alpha value is -3.36. The van der Waals surface area contributed by atoms with E-state index in [2.05, 4.69) is 18.2 Å². The topological polar surface area (TPSA) is 73.4 Å². The summed E-state index contributed by atoms with van der Waals surface area (Å²) < 4.78 is 0. The number of nitriles is 1. The van der Waals surface area contributed by atoms with Crippen LogP contribution in [0.25, 0.3) is 0 Å². The largest absolute Gasteiger partial charge is 0.383 e. The zero-order valence-electron chi connectivity index (χ0n) is 16.7. The van der Waals surface area contributed by atoms with Gasteiger partial charge < -0.3 is 5.73 Å². The number of hydrazine groups is 1. The SMILES string of the molecule is CN(C)N1C(N)=C(C#N)C(c2ccccc2)C2=C1CC(c1ccccc1)CC2=O. The van der Waals surface area contributed by atoms with Gasteiger partial charge in [-0.1, -0.05) is 60.7 Å². The van der Waals surface area contributed by atoms with E-state index in [0.717, 1.165) is 16.8 Å². The number of hydrogen-bond donors (Lipinski definition) is 1. The fraction of sp³-hybridized carbons (Fsp3) is 0.250. The highest BCUT2D eigenvalue weighted by Gasteiger charge is 2.43. The van der Waals surface area contributed by atoms with Crippen LogP contribution in [0, 0.1) is 11.3 Å². The third-order valence-corrected chi connectivity index (χ3v) is 5.74. The second-order valence-corrected chi connectivity index (χ2v) is 7.71. The molecule has 1 aliphatic carbocycles. The molecule has 0 saturated carbocycles. The van der Waals surface area contributed by atoms with Gasteiger partial charge in [0.25, 0.3) is 0 Å². The average Bonchev–Trinajstić information content (AvgIpc) is 2.73. The van der Waals surface area contributed by atoms with Crippen molar-refractivity contribution in [2.75, 3.05) is 14.1 Å². The van der Waals surface area contributed by atoms with E-state index in [9.17, 15) is 10.1 Å². The number of benzene rings is 2. The van der Waals surface area contributed by atoms with Crippen molar-refractivity contribution in [1.82, 2.24) is 10.0 Å². The molecule has 29 heavy (non-hydrogen) atoms. The molecule has 0 radical (unpaired) electrons. The molecule has 2 atom stereocenters. The molecule has 2 aliphatic rings. The van der Waals surface area contributed by atoms with E-state index in [-0.39, 0.29) is 11.7 Å². The standard InChI is InChI=1S/C24H24N4O/c1-27(2)28-20-13-18(16-9-5-3-6-10-16)14-21(29)23(20)22(19(15-25)24(28)26)17-11-7-4-8-12-17/h3-12,18,22H,13-14,26H2,1-2H3. The highest BCUT2D eigenvalue weighted by atomic mass is 16.1. The van der Waals surface area contributed by atoms with Crippen LogP contribution in [0.4, 0.5) is 0 Å². The van der Waals surface area contributed by atoms with Crippen molar-refractivity contribution in [3.8, 4) is 6.07 Å². The van der Waals surface area contributed by atoms with Crippen LogP contribution < -0.4 is 5.73 Å². The van der Waals surface area contributed by atoms with Gasteiger partial charge in [-0.05, 0) is 23.5 Å². The van der Waals surface area contributed by atoms with Gasteiger partial charge in [0, 0.05) is 31.8 Å². The van der Waals surface area contributed by atoms with Gasteiger partial charge in [-0.15, -0.1) is 0 Å². The van der Waals surface area contributed by atoms with Crippen molar-refractivity contribution < 1.29 is 4.79 Å². The molecular weight excluding hydrogens is 360 g/mol. The smallest absolute Gasteiger partial charge is 0.162 e. The predicted molar refractivity (Wildman–Crippen MR) is 112 cm³/mol. The lowest BCUT2D eigenvalue weighted by Gasteiger charge is -2.43. The summed E-state index contributed by atoms with van der Waals surface area (Å²) in [6.07, 6.45) is 1.14. The molecule has 0 fully saturated rings. The number of carbonyl (C=O) groups excluding carboxylic acids is 1. The highest BCUT2D eigenvalue weighted by Crippen LogP contribution is 2.47. The summed E-state index contributed by atoms with van der Waals surface area (Å²) in [6.45, 7) is 0. The Kier molecular flexibility index (Phi) is 4.96. The number of nitrogens with zero attached hydrogens (tertiary/aromatic N) is 3. The first-order valence-corrected chi connectivity index (χ1v) is 9.76. The van der Waals surface area contributed by atoms with Gasteiger partial charge in [0.1, 0.15) is 5.82 Å². The highest BCUT2D eigenvalue weighted by molar-refractivity contribution is 6.00. The summed E-state index contributed by atoms with van der Waals surface area (Å²) in [7, 11) is 3.76. The summed E-state index contributed by atoms with van der Waals surface area (Å²) in [5.41, 5.74) is 10.6. The van der Waals surface area contributed by atoms with Crippen molar-refractivity contribution in [1.29, 1.82) is 5.26 Å². The zero-order valence-corrected chi connectivity index (χ0v) is 16.7. The van der Waals surface area contributed by atoms with Crippen LogP contribution in [-0.2, 0) is 4.79 Å². The van der Waals surface area contributed by atoms with Crippen LogP contribution in [-0.4, -0.2) is 29.9 Å². The van der Waals surface area contributed by atoms with Gasteiger partial charge in [0.05, 0.1) is 17.6 Å². The first-order valence-electron chi connectivity index (χ1n) is 9.76. The van der Waals surface area contributed by atoms with Crippen molar-refractivity contribution in [2.45, 2.75) is 24.7 Å². The molecule has 2 aromatic rings. The van der Waals surface area contributed by atoms with Crippen molar-refractivity contribution in [3.63, 3.8) is 0 Å². The molecule has 4 rings (SSSR count). The zero-order chi connectivity index (χ0) is 20.5. The maximum atomic E-state index is 13.5. The summed E-state index contributed by atoms with van der Waals surface area (Å²) in [6, 6.07) is 22.1. The Morgan fingerprint density at radius 1 is 1.00 bits per heavy atom. The van der Waals surface area contributed by atoms with E-state index in [1.165, 1.54) is 0 Å². The van der Waals surface area contributed by atoms with Crippen molar-refractivity contribution >= 4 is 5.78 Å². The summed E-state index contributed by atoms with van der Waals surface area (Å²) in [5, 5.41) is 13.6. The van der Waals surface area contributed by atoms with Crippen molar-refractivity contribution in [2.24, 2.45) is 5.73 Å². The molecular formula is C24H24N4O. The van der Waals surface area contributed by atoms with Gasteiger partial charge in [-0.3, -0.25) is 9.80 Å². The maximum Gasteiger partial charge on any atom is 0.162 e. The van der Waals surface area contributed by atoms with Gasteiger partial charge in [-0.25, -0.2) is 5.01 Å². The number of carbonyl (C=O) groups is 1. The lowest BCUT2D eigenvalue weighted by atomic mass is 9.72. The minimum Gasteiger partial charge on any atom is -0.383 e. The van der Waals surface area contributed by atoms with Gasteiger partial charge >= 0.3 is 0 Å². The summed E-state index contributed by atoms with van der Waals surface area (Å²) in [4.78, 5) is 13.5. The second-order valence-electron chi connectivity index (χ2n) is 7.71. The van der Waals surface area contributed by atoms with Gasteiger partial charge in [0.2, 0.25) is 0 Å². The molecule has 5 nitrogen and oxygen atoms in total. The minimum atomic E-state index is -0.420. The van der Waals surface area contributed by atoms with Crippen LogP contribution in [0.1, 0.15) is 35.8 Å². The second kappa shape index (κ2) is 7.57. The van der Waals surface area contributed by atoms with E-state index in [1.54, 1.807) is 0 Å². The molecule has 0 spiro atoms. The van der Waals surface area contributed by atoms with Gasteiger partial charge in [0.15, 0.2) is 5.78 Å². The number of nitrogens with two attached hydrogens (primary N) is 1. The molecule has 2 aromatic carbocycles. The normalized spacial score (nSPS) is 22.0. The number of rotatable bonds is 3.